The van der Waals surface area contributed by atoms with Gasteiger partial charge in [-0.2, -0.15) is 0 Å². The van der Waals surface area contributed by atoms with E-state index in [1.54, 1.807) is 12.4 Å². The van der Waals surface area contributed by atoms with E-state index in [1.165, 1.54) is 6.33 Å². The highest BCUT2D eigenvalue weighted by atomic mass is 16.5. The number of rotatable bonds is 6. The van der Waals surface area contributed by atoms with Gasteiger partial charge < -0.3 is 19.5 Å². The first-order chi connectivity index (χ1) is 15.8. The zero-order valence-corrected chi connectivity index (χ0v) is 20.1. The van der Waals surface area contributed by atoms with Crippen LogP contribution >= 0.6 is 0 Å². The maximum atomic E-state index is 13.5. The number of nitrogens with zero attached hydrogens (tertiary/aromatic N) is 7. The Morgan fingerprint density at radius 1 is 1.15 bits per heavy atom. The summed E-state index contributed by atoms with van der Waals surface area (Å²) < 4.78 is 7.81. The van der Waals surface area contributed by atoms with Crippen LogP contribution in [-0.2, 0) is 16.1 Å². The predicted molar refractivity (Wildman–Crippen MR) is 126 cm³/mol. The van der Waals surface area contributed by atoms with Crippen LogP contribution in [0.2, 0.25) is 0 Å². The highest BCUT2D eigenvalue weighted by molar-refractivity contribution is 5.90. The third-order valence-corrected chi connectivity index (χ3v) is 5.84. The zero-order valence-electron chi connectivity index (χ0n) is 20.1. The molecule has 1 amide bonds. The second-order valence-corrected chi connectivity index (χ2v) is 8.96. The third kappa shape index (κ3) is 4.66. The van der Waals surface area contributed by atoms with Gasteiger partial charge >= 0.3 is 0 Å². The van der Waals surface area contributed by atoms with E-state index in [0.717, 1.165) is 11.4 Å². The Balaban J connectivity index is 1.69. The minimum Gasteiger partial charge on any atom is -0.372 e. The average molecular weight is 453 g/mol. The largest absolute Gasteiger partial charge is 0.372 e. The number of imidazole rings is 1. The molecule has 0 bridgehead atoms. The highest BCUT2D eigenvalue weighted by Gasteiger charge is 2.33. The van der Waals surface area contributed by atoms with Gasteiger partial charge in [-0.05, 0) is 33.6 Å². The minimum atomic E-state index is -0.446. The molecule has 4 heterocycles. The first-order valence-electron chi connectivity index (χ1n) is 11.5. The molecule has 0 aliphatic carbocycles. The maximum Gasteiger partial charge on any atom is 0.245 e. The molecule has 10 heteroatoms. The number of hydrogen-bond donors (Lipinski definition) is 1. The summed E-state index contributed by atoms with van der Waals surface area (Å²) in [6, 6.07) is -0.446. The van der Waals surface area contributed by atoms with E-state index in [-0.39, 0.29) is 24.0 Å². The number of nitrogens with one attached hydrogen (secondary N) is 1. The van der Waals surface area contributed by atoms with Crippen molar-refractivity contribution in [1.29, 1.82) is 0 Å². The fourth-order valence-electron chi connectivity index (χ4n) is 4.29. The van der Waals surface area contributed by atoms with Crippen LogP contribution in [0, 0.1) is 12.8 Å². The van der Waals surface area contributed by atoms with Gasteiger partial charge in [0.15, 0.2) is 17.0 Å². The average Bonchev–Trinajstić information content (AvgIpc) is 3.16. The van der Waals surface area contributed by atoms with Crippen LogP contribution in [-0.4, -0.2) is 71.6 Å². The lowest BCUT2D eigenvalue weighted by Crippen LogP contribution is -2.54. The van der Waals surface area contributed by atoms with Crippen LogP contribution in [0.4, 0.5) is 5.82 Å². The summed E-state index contributed by atoms with van der Waals surface area (Å²) in [7, 11) is 0. The van der Waals surface area contributed by atoms with E-state index in [4.69, 9.17) is 9.72 Å². The van der Waals surface area contributed by atoms with Crippen LogP contribution in [0.1, 0.15) is 40.4 Å². The van der Waals surface area contributed by atoms with Crippen LogP contribution < -0.4 is 5.32 Å². The van der Waals surface area contributed by atoms with E-state index < -0.39 is 6.04 Å². The number of aromatic nitrogens is 6. The van der Waals surface area contributed by atoms with E-state index in [2.05, 4.69) is 25.3 Å². The smallest absolute Gasteiger partial charge is 0.245 e. The van der Waals surface area contributed by atoms with Crippen molar-refractivity contribution in [3.05, 3.63) is 24.5 Å². The molecule has 0 radical (unpaired) electrons. The zero-order chi connectivity index (χ0) is 23.7. The second kappa shape index (κ2) is 9.38. The predicted octanol–water partition coefficient (Wildman–Crippen LogP) is 2.68. The molecule has 3 atom stereocenters. The Morgan fingerprint density at radius 3 is 2.42 bits per heavy atom. The first-order valence-corrected chi connectivity index (χ1v) is 11.5. The van der Waals surface area contributed by atoms with Crippen molar-refractivity contribution in [3.63, 3.8) is 0 Å². The Bertz CT molecular complexity index is 1120. The maximum absolute atomic E-state index is 13.5. The van der Waals surface area contributed by atoms with Gasteiger partial charge in [0.25, 0.3) is 0 Å². The monoisotopic (exact) mass is 452 g/mol. The quantitative estimate of drug-likeness (QED) is 0.608. The van der Waals surface area contributed by atoms with Gasteiger partial charge in [-0.1, -0.05) is 13.8 Å². The number of anilines is 1. The number of aryl methyl sites for hydroxylation is 2. The van der Waals surface area contributed by atoms with Gasteiger partial charge in [-0.15, -0.1) is 0 Å². The van der Waals surface area contributed by atoms with Crippen molar-refractivity contribution in [3.8, 4) is 11.4 Å². The van der Waals surface area contributed by atoms with Crippen LogP contribution in [0.5, 0.6) is 0 Å². The number of ether oxygens (including phenoxy) is 1. The summed E-state index contributed by atoms with van der Waals surface area (Å²) in [5, 5.41) is 3.38. The Hall–Kier alpha value is -3.14. The van der Waals surface area contributed by atoms with Gasteiger partial charge in [0, 0.05) is 32.0 Å². The lowest BCUT2D eigenvalue weighted by Gasteiger charge is -2.38. The van der Waals surface area contributed by atoms with E-state index in [1.807, 2.05) is 51.0 Å². The van der Waals surface area contributed by atoms with Crippen LogP contribution in [0.3, 0.4) is 0 Å². The summed E-state index contributed by atoms with van der Waals surface area (Å²) in [6.45, 7) is 13.8. The normalized spacial score (nSPS) is 19.8. The van der Waals surface area contributed by atoms with Gasteiger partial charge in [-0.3, -0.25) is 4.79 Å². The molecule has 0 unspecified atom stereocenters. The molecule has 1 aliphatic heterocycles. The Labute approximate surface area is 193 Å². The standard InChI is InChI=1S/C23H32N8O2/c1-7-31-21(17-8-24-16(6)25-9-17)29-19-20(26-12-27-22(19)31)28-18(13(2)3)23(32)30-10-14(4)33-15(5)11-30/h8-9,12-15,18H,7,10-11H2,1-6H3,(H,26,27,28)/t14-,15+,18-/m0/s1. The fourth-order valence-corrected chi connectivity index (χ4v) is 4.29. The molecule has 33 heavy (non-hydrogen) atoms. The number of fused-ring (bicyclic) bond motifs is 1. The van der Waals surface area contributed by atoms with Crippen LogP contribution in [0.15, 0.2) is 18.7 Å². The SMILES string of the molecule is CCn1c(-c2cnc(C)nc2)nc2c(N[C@H](C(=O)N3C[C@@H](C)O[C@@H](C)C3)C(C)C)ncnc21. The van der Waals surface area contributed by atoms with Crippen molar-refractivity contribution >= 4 is 22.9 Å². The number of amides is 1. The summed E-state index contributed by atoms with van der Waals surface area (Å²) in [5.41, 5.74) is 2.13. The Morgan fingerprint density at radius 2 is 1.82 bits per heavy atom. The molecule has 0 spiro atoms. The molecule has 3 aromatic rings. The second-order valence-electron chi connectivity index (χ2n) is 8.96. The molecule has 176 valence electrons. The summed E-state index contributed by atoms with van der Waals surface area (Å²) in [4.78, 5) is 37.8. The summed E-state index contributed by atoms with van der Waals surface area (Å²) in [6.07, 6.45) is 5.05. The lowest BCUT2D eigenvalue weighted by molar-refractivity contribution is -0.144. The highest BCUT2D eigenvalue weighted by Crippen LogP contribution is 2.27. The lowest BCUT2D eigenvalue weighted by atomic mass is 10.0. The van der Waals surface area contributed by atoms with Gasteiger partial charge in [0.2, 0.25) is 5.91 Å². The molecule has 1 aliphatic rings. The van der Waals surface area contributed by atoms with E-state index >= 15 is 0 Å². The Kier molecular flexibility index (Phi) is 6.55. The topological polar surface area (TPSA) is 111 Å². The van der Waals surface area contributed by atoms with Gasteiger partial charge in [0.1, 0.15) is 24.0 Å². The number of hydrogen-bond acceptors (Lipinski definition) is 8. The molecule has 0 aromatic carbocycles. The van der Waals surface area contributed by atoms with Crippen molar-refractivity contribution in [2.45, 2.75) is 66.3 Å². The van der Waals surface area contributed by atoms with E-state index in [9.17, 15) is 4.79 Å². The molecule has 0 saturated carbocycles. The van der Waals surface area contributed by atoms with E-state index in [0.29, 0.717) is 42.4 Å². The first kappa shape index (κ1) is 23.0. The molecule has 4 rings (SSSR count). The van der Waals surface area contributed by atoms with Crippen molar-refractivity contribution in [2.75, 3.05) is 18.4 Å². The van der Waals surface area contributed by atoms with Gasteiger partial charge in [0.05, 0.1) is 17.8 Å². The van der Waals surface area contributed by atoms with Crippen molar-refractivity contribution < 1.29 is 9.53 Å². The fraction of sp³-hybridized carbons (Fsp3) is 0.565. The minimum absolute atomic E-state index is 0.0100. The van der Waals surface area contributed by atoms with Gasteiger partial charge in [-0.25, -0.2) is 24.9 Å². The van der Waals surface area contributed by atoms with Crippen molar-refractivity contribution in [1.82, 2.24) is 34.4 Å². The summed E-state index contributed by atoms with van der Waals surface area (Å²) in [5.74, 6) is 2.06. The molecule has 3 aromatic heterocycles. The number of morpholine rings is 1. The van der Waals surface area contributed by atoms with Crippen molar-refractivity contribution in [2.24, 2.45) is 5.92 Å². The molecule has 1 saturated heterocycles. The number of carbonyl (C=O) groups is 1. The molecule has 10 nitrogen and oxygen atoms in total. The molecular formula is C23H32N8O2. The van der Waals surface area contributed by atoms with Crippen LogP contribution in [0.25, 0.3) is 22.6 Å². The third-order valence-electron chi connectivity index (χ3n) is 5.84. The summed E-state index contributed by atoms with van der Waals surface area (Å²) >= 11 is 0. The molecular weight excluding hydrogens is 420 g/mol. The number of carbonyl (C=O) groups excluding carboxylic acids is 1. The molecule has 1 N–H and O–H groups in total. The molecule has 1 fully saturated rings.